The number of allylic oxidation sites excluding steroid dienone is 1. The molecule has 0 aliphatic rings. The molecule has 0 saturated heterocycles. The Hall–Kier alpha value is -1.55. The Bertz CT molecular complexity index is 334. The number of rotatable bonds is 4. The molecule has 0 spiro atoms. The van der Waals surface area contributed by atoms with Crippen molar-refractivity contribution in [3.8, 4) is 6.07 Å². The fourth-order valence-electron chi connectivity index (χ4n) is 1.47. The normalized spacial score (nSPS) is 14.0. The Morgan fingerprint density at radius 2 is 2.07 bits per heavy atom. The molecule has 14 heavy (non-hydrogen) atoms. The first-order valence-electron chi connectivity index (χ1n) is 4.85. The first-order valence-corrected chi connectivity index (χ1v) is 4.85. The summed E-state index contributed by atoms with van der Waals surface area (Å²) in [5.74, 6) is 0. The van der Waals surface area contributed by atoms with E-state index < -0.39 is 5.41 Å². The third-order valence-electron chi connectivity index (χ3n) is 2.61. The molecule has 0 N–H and O–H groups in total. The third-order valence-corrected chi connectivity index (χ3v) is 2.61. The molecule has 0 bridgehead atoms. The molecule has 0 amide bonds. The molecule has 1 unspecified atom stereocenters. The zero-order chi connectivity index (χ0) is 10.4. The summed E-state index contributed by atoms with van der Waals surface area (Å²) < 4.78 is 0. The van der Waals surface area contributed by atoms with Crippen LogP contribution in [0.1, 0.15) is 18.9 Å². The van der Waals surface area contributed by atoms with Gasteiger partial charge in [-0.2, -0.15) is 5.26 Å². The molecule has 1 atom stereocenters. The lowest BCUT2D eigenvalue weighted by molar-refractivity contribution is 0.486. The van der Waals surface area contributed by atoms with Crippen LogP contribution in [0.3, 0.4) is 0 Å². The maximum atomic E-state index is 9.12. The number of nitrogens with zero attached hydrogens (tertiary/aromatic N) is 1. The summed E-state index contributed by atoms with van der Waals surface area (Å²) in [5.41, 5.74) is 0.789. The summed E-state index contributed by atoms with van der Waals surface area (Å²) in [5, 5.41) is 9.12. The van der Waals surface area contributed by atoms with Gasteiger partial charge < -0.3 is 0 Å². The Balaban J connectivity index is 2.86. The van der Waals surface area contributed by atoms with E-state index in [1.807, 2.05) is 37.3 Å². The van der Waals surface area contributed by atoms with Gasteiger partial charge in [0.25, 0.3) is 0 Å². The van der Waals surface area contributed by atoms with Gasteiger partial charge in [0.1, 0.15) is 0 Å². The second-order valence-corrected chi connectivity index (χ2v) is 3.49. The van der Waals surface area contributed by atoms with E-state index >= 15 is 0 Å². The van der Waals surface area contributed by atoms with Crippen LogP contribution in [0.4, 0.5) is 0 Å². The average molecular weight is 185 g/mol. The average Bonchev–Trinajstić information content (AvgIpc) is 2.28. The molecule has 0 heterocycles. The van der Waals surface area contributed by atoms with Crippen LogP contribution < -0.4 is 0 Å². The third kappa shape index (κ3) is 2.23. The molecule has 1 aromatic rings. The van der Waals surface area contributed by atoms with E-state index in [9.17, 15) is 0 Å². The molecule has 0 aliphatic carbocycles. The van der Waals surface area contributed by atoms with Gasteiger partial charge in [0.05, 0.1) is 11.5 Å². The highest BCUT2D eigenvalue weighted by molar-refractivity contribution is 5.22. The van der Waals surface area contributed by atoms with E-state index in [0.29, 0.717) is 0 Å². The van der Waals surface area contributed by atoms with Crippen LogP contribution in [0.15, 0.2) is 43.0 Å². The van der Waals surface area contributed by atoms with Crippen LogP contribution in [0, 0.1) is 16.7 Å². The zero-order valence-corrected chi connectivity index (χ0v) is 8.53. The van der Waals surface area contributed by atoms with Crippen molar-refractivity contribution in [2.24, 2.45) is 5.41 Å². The van der Waals surface area contributed by atoms with Crippen molar-refractivity contribution in [3.05, 3.63) is 48.6 Å². The van der Waals surface area contributed by atoms with Gasteiger partial charge in [0.2, 0.25) is 0 Å². The molecule has 0 aliphatic heterocycles. The van der Waals surface area contributed by atoms with Crippen LogP contribution in [0.2, 0.25) is 0 Å². The van der Waals surface area contributed by atoms with Crippen molar-refractivity contribution < 1.29 is 0 Å². The maximum Gasteiger partial charge on any atom is 0.0788 e. The minimum Gasteiger partial charge on any atom is -0.197 e. The molecular formula is C13H15N. The smallest absolute Gasteiger partial charge is 0.0788 e. The predicted octanol–water partition coefficient (Wildman–Crippen LogP) is 3.34. The van der Waals surface area contributed by atoms with Crippen molar-refractivity contribution in [1.82, 2.24) is 0 Å². The highest BCUT2D eigenvalue weighted by Crippen LogP contribution is 2.27. The van der Waals surface area contributed by atoms with Gasteiger partial charge in [0, 0.05) is 0 Å². The predicted molar refractivity (Wildman–Crippen MR) is 58.7 cm³/mol. The second kappa shape index (κ2) is 4.62. The summed E-state index contributed by atoms with van der Waals surface area (Å²) in [6, 6.07) is 12.4. The van der Waals surface area contributed by atoms with Gasteiger partial charge in [-0.25, -0.2) is 0 Å². The van der Waals surface area contributed by atoms with Crippen LogP contribution in [-0.4, -0.2) is 0 Å². The summed E-state index contributed by atoms with van der Waals surface area (Å²) in [6.07, 6.45) is 3.33. The highest BCUT2D eigenvalue weighted by Gasteiger charge is 2.23. The molecular weight excluding hydrogens is 170 g/mol. The van der Waals surface area contributed by atoms with Crippen LogP contribution in [-0.2, 0) is 6.42 Å². The Labute approximate surface area is 85.7 Å². The standard InChI is InChI=1S/C13H15N/c1-3-13(4-2,11-14)10-12-8-6-5-7-9-12/h3,5-9H,1,4,10H2,2H3. The number of benzene rings is 1. The lowest BCUT2D eigenvalue weighted by Gasteiger charge is -2.20. The number of hydrogen-bond donors (Lipinski definition) is 0. The number of hydrogen-bond acceptors (Lipinski definition) is 1. The van der Waals surface area contributed by atoms with Crippen LogP contribution >= 0.6 is 0 Å². The fourth-order valence-corrected chi connectivity index (χ4v) is 1.47. The quantitative estimate of drug-likeness (QED) is 0.660. The highest BCUT2D eigenvalue weighted by atomic mass is 14.3. The van der Waals surface area contributed by atoms with Crippen molar-refractivity contribution >= 4 is 0 Å². The Kier molecular flexibility index (Phi) is 3.48. The largest absolute Gasteiger partial charge is 0.197 e. The topological polar surface area (TPSA) is 23.8 Å². The maximum absolute atomic E-state index is 9.12. The minimum absolute atomic E-state index is 0.401. The van der Waals surface area contributed by atoms with Gasteiger partial charge in [-0.1, -0.05) is 43.3 Å². The molecule has 72 valence electrons. The van der Waals surface area contributed by atoms with Gasteiger partial charge >= 0.3 is 0 Å². The van der Waals surface area contributed by atoms with E-state index in [2.05, 4.69) is 12.6 Å². The minimum atomic E-state index is -0.401. The lowest BCUT2D eigenvalue weighted by Crippen LogP contribution is -2.17. The van der Waals surface area contributed by atoms with E-state index in [1.165, 1.54) is 5.56 Å². The monoisotopic (exact) mass is 185 g/mol. The van der Waals surface area contributed by atoms with E-state index in [4.69, 9.17) is 5.26 Å². The Morgan fingerprint density at radius 3 is 2.50 bits per heavy atom. The fraction of sp³-hybridized carbons (Fsp3) is 0.308. The van der Waals surface area contributed by atoms with Gasteiger partial charge in [-0.3, -0.25) is 0 Å². The van der Waals surface area contributed by atoms with Crippen LogP contribution in [0.25, 0.3) is 0 Å². The summed E-state index contributed by atoms with van der Waals surface area (Å²) in [7, 11) is 0. The summed E-state index contributed by atoms with van der Waals surface area (Å²) >= 11 is 0. The molecule has 1 nitrogen and oxygen atoms in total. The molecule has 1 aromatic carbocycles. The molecule has 1 rings (SSSR count). The Morgan fingerprint density at radius 1 is 1.43 bits per heavy atom. The first kappa shape index (κ1) is 10.5. The van der Waals surface area contributed by atoms with Gasteiger partial charge in [-0.15, -0.1) is 6.58 Å². The van der Waals surface area contributed by atoms with Crippen molar-refractivity contribution in [2.45, 2.75) is 19.8 Å². The van der Waals surface area contributed by atoms with Crippen molar-refractivity contribution in [3.63, 3.8) is 0 Å². The van der Waals surface area contributed by atoms with E-state index in [-0.39, 0.29) is 0 Å². The van der Waals surface area contributed by atoms with Crippen molar-refractivity contribution in [2.75, 3.05) is 0 Å². The van der Waals surface area contributed by atoms with E-state index in [0.717, 1.165) is 12.8 Å². The molecule has 0 fully saturated rings. The molecule has 0 aromatic heterocycles. The summed E-state index contributed by atoms with van der Waals surface area (Å²) in [6.45, 7) is 5.77. The zero-order valence-electron chi connectivity index (χ0n) is 8.53. The SMILES string of the molecule is C=CC(C#N)(CC)Cc1ccccc1. The first-order chi connectivity index (χ1) is 6.76. The molecule has 0 saturated carbocycles. The second-order valence-electron chi connectivity index (χ2n) is 3.49. The van der Waals surface area contributed by atoms with E-state index in [1.54, 1.807) is 6.08 Å². The number of nitriles is 1. The van der Waals surface area contributed by atoms with Crippen LogP contribution in [0.5, 0.6) is 0 Å². The molecule has 0 radical (unpaired) electrons. The van der Waals surface area contributed by atoms with Gasteiger partial charge in [0.15, 0.2) is 0 Å². The lowest BCUT2D eigenvalue weighted by atomic mass is 9.81. The van der Waals surface area contributed by atoms with Crippen molar-refractivity contribution in [1.29, 1.82) is 5.26 Å². The summed E-state index contributed by atoms with van der Waals surface area (Å²) in [4.78, 5) is 0. The van der Waals surface area contributed by atoms with Gasteiger partial charge in [-0.05, 0) is 18.4 Å². The molecule has 1 heteroatoms.